The third-order valence-electron chi connectivity index (χ3n) is 7.16. The van der Waals surface area contributed by atoms with Gasteiger partial charge in [0.1, 0.15) is 0 Å². The van der Waals surface area contributed by atoms with E-state index < -0.39 is 18.7 Å². The molecule has 3 N–H and O–H groups in total. The predicted molar refractivity (Wildman–Crippen MR) is 190 cm³/mol. The van der Waals surface area contributed by atoms with Gasteiger partial charge in [-0.1, -0.05) is 99.5 Å². The molecule has 0 radical (unpaired) electrons. The Morgan fingerprint density at radius 3 is 2.09 bits per heavy atom. The topological polar surface area (TPSA) is 106 Å². The summed E-state index contributed by atoms with van der Waals surface area (Å²) in [5, 5.41) is 14.6. The van der Waals surface area contributed by atoms with Crippen molar-refractivity contribution >= 4 is 12.1 Å². The number of carbonyl (C=O) groups is 2. The molecule has 8 nitrogen and oxygen atoms in total. The number of esters is 1. The third kappa shape index (κ3) is 28.1. The Labute approximate surface area is 278 Å². The molecule has 1 rings (SSSR count). The molecule has 1 amide bonds. The van der Waals surface area contributed by atoms with Crippen LogP contribution in [0.1, 0.15) is 141 Å². The first kappa shape index (κ1) is 47.5. The monoisotopic (exact) mass is 643 g/mol. The second-order valence-corrected chi connectivity index (χ2v) is 12.4. The van der Waals surface area contributed by atoms with Crippen LogP contribution < -0.4 is 10.6 Å². The summed E-state index contributed by atoms with van der Waals surface area (Å²) >= 11 is 0. The molecule has 1 aliphatic rings. The van der Waals surface area contributed by atoms with E-state index in [9.17, 15) is 9.59 Å². The Bertz CT molecular complexity index is 747. The van der Waals surface area contributed by atoms with E-state index in [0.29, 0.717) is 37.3 Å². The fourth-order valence-corrected chi connectivity index (χ4v) is 4.94. The van der Waals surface area contributed by atoms with Gasteiger partial charge < -0.3 is 30.0 Å². The van der Waals surface area contributed by atoms with Gasteiger partial charge in [-0.25, -0.2) is 4.79 Å². The Kier molecular flexibility index (Phi) is 32.5. The van der Waals surface area contributed by atoms with Crippen molar-refractivity contribution in [1.82, 2.24) is 10.6 Å². The number of allylic oxidation sites excluding steroid dienone is 3. The average Bonchev–Trinajstić information content (AvgIpc) is 2.96. The number of rotatable bonds is 16. The molecule has 8 heteroatoms. The number of alkyl carbamates (subject to hydrolysis) is 1. The largest absolute Gasteiger partial charge is 0.425 e. The highest BCUT2D eigenvalue weighted by Gasteiger charge is 2.24. The van der Waals surface area contributed by atoms with E-state index in [2.05, 4.69) is 71.8 Å². The van der Waals surface area contributed by atoms with Crippen molar-refractivity contribution in [2.45, 2.75) is 160 Å². The minimum Gasteiger partial charge on any atom is -0.425 e. The molecule has 7 atom stereocenters. The first-order valence-corrected chi connectivity index (χ1v) is 17.7. The summed E-state index contributed by atoms with van der Waals surface area (Å²) in [6, 6.07) is 0. The molecule has 5 unspecified atom stereocenters. The van der Waals surface area contributed by atoms with Crippen LogP contribution in [-0.4, -0.2) is 56.0 Å². The highest BCUT2D eigenvalue weighted by molar-refractivity contribution is 5.72. The van der Waals surface area contributed by atoms with Crippen LogP contribution in [0.2, 0.25) is 0 Å². The van der Waals surface area contributed by atoms with E-state index in [-0.39, 0.29) is 18.0 Å². The SMILES string of the molecule is C=C(CCC(C)CC(C)CC(C)C(=O)O[C@H](CC)OC(=O)NCCNC)/C(C)=C/CC.CC.CC1C[C@H](C)CC(O)O1.CCC. The molecule has 1 heterocycles. The zero-order valence-electron chi connectivity index (χ0n) is 31.6. The molecule has 268 valence electrons. The third-order valence-corrected chi connectivity index (χ3v) is 7.16. The number of likely N-dealkylation sites (N-methyl/N-ethyl adjacent to an activating group) is 1. The molecule has 45 heavy (non-hydrogen) atoms. The van der Waals surface area contributed by atoms with Gasteiger partial charge >= 0.3 is 12.1 Å². The number of hydrogen-bond acceptors (Lipinski definition) is 7. The number of hydrogen-bond donors (Lipinski definition) is 3. The average molecular weight is 643 g/mol. The van der Waals surface area contributed by atoms with Gasteiger partial charge in [0.2, 0.25) is 6.29 Å². The predicted octanol–water partition coefficient (Wildman–Crippen LogP) is 9.17. The van der Waals surface area contributed by atoms with Crippen LogP contribution in [0.4, 0.5) is 4.79 Å². The quantitative estimate of drug-likeness (QED) is 0.0667. The van der Waals surface area contributed by atoms with E-state index in [1.807, 2.05) is 34.6 Å². The van der Waals surface area contributed by atoms with Crippen LogP contribution in [0.25, 0.3) is 0 Å². The van der Waals surface area contributed by atoms with Crippen LogP contribution in [0.3, 0.4) is 0 Å². The fraction of sp³-hybridized carbons (Fsp3) is 0.838. The summed E-state index contributed by atoms with van der Waals surface area (Å²) in [6.07, 6.45) is 9.03. The van der Waals surface area contributed by atoms with Gasteiger partial charge in [0, 0.05) is 25.9 Å². The Hall–Kier alpha value is -1.90. The number of aliphatic hydroxyl groups is 1. The molecule has 0 aromatic rings. The van der Waals surface area contributed by atoms with Gasteiger partial charge in [0.25, 0.3) is 0 Å². The minimum absolute atomic E-state index is 0.239. The Morgan fingerprint density at radius 1 is 1.00 bits per heavy atom. The molecular weight excluding hydrogens is 568 g/mol. The van der Waals surface area contributed by atoms with Crippen LogP contribution in [0, 0.1) is 23.7 Å². The van der Waals surface area contributed by atoms with Gasteiger partial charge in [-0.05, 0) is 77.2 Å². The van der Waals surface area contributed by atoms with Gasteiger partial charge in [-0.2, -0.15) is 0 Å². The van der Waals surface area contributed by atoms with Crippen molar-refractivity contribution < 1.29 is 28.9 Å². The van der Waals surface area contributed by atoms with Crippen molar-refractivity contribution in [1.29, 1.82) is 0 Å². The lowest BCUT2D eigenvalue weighted by Gasteiger charge is -2.28. The molecule has 1 saturated heterocycles. The maximum absolute atomic E-state index is 12.5. The van der Waals surface area contributed by atoms with Crippen LogP contribution in [0.15, 0.2) is 23.8 Å². The number of ether oxygens (including phenoxy) is 3. The zero-order valence-corrected chi connectivity index (χ0v) is 31.6. The second kappa shape index (κ2) is 30.7. The number of amides is 1. The zero-order chi connectivity index (χ0) is 35.4. The molecular formula is C37H74N2O6. The second-order valence-electron chi connectivity index (χ2n) is 12.4. The van der Waals surface area contributed by atoms with E-state index in [1.54, 1.807) is 7.05 Å². The van der Waals surface area contributed by atoms with Crippen molar-refractivity contribution in [2.24, 2.45) is 23.7 Å². The summed E-state index contributed by atoms with van der Waals surface area (Å²) in [7, 11) is 1.80. The van der Waals surface area contributed by atoms with Gasteiger partial charge in [-0.15, -0.1) is 0 Å². The maximum Gasteiger partial charge on any atom is 0.410 e. The summed E-state index contributed by atoms with van der Waals surface area (Å²) in [5.74, 6) is 1.03. The molecule has 0 aromatic carbocycles. The standard InChI is InChI=1S/C25H46N2O4.C7H14O2.C3H8.C2H6/c1-9-11-20(5)21(6)13-12-18(3)16-19(4)17-22(7)24(28)30-23(10-2)31-25(29)27-15-14-26-8;1-5-3-6(2)9-7(8)4-5;1-3-2;1-2/h11,18-19,22-23,26H,6,9-10,12-17H2,1-5,7-8H3,(H,27,29);5-8H,3-4H2,1-2H3;3H2,1-2H3;1-2H3/b20-11+;;;/t18?,19?,22?,23-;5-,6?,7?;;/m00../s1. The molecule has 0 bridgehead atoms. The van der Waals surface area contributed by atoms with Gasteiger partial charge in [-0.3, -0.25) is 4.79 Å². The van der Waals surface area contributed by atoms with E-state index in [4.69, 9.17) is 19.3 Å². The summed E-state index contributed by atoms with van der Waals surface area (Å²) in [6.45, 7) is 30.1. The Morgan fingerprint density at radius 2 is 1.60 bits per heavy atom. The van der Waals surface area contributed by atoms with Crippen molar-refractivity contribution in [2.75, 3.05) is 20.1 Å². The van der Waals surface area contributed by atoms with E-state index in [0.717, 1.165) is 44.9 Å². The number of aliphatic hydroxyl groups excluding tert-OH is 1. The van der Waals surface area contributed by atoms with Gasteiger partial charge in [0.05, 0.1) is 12.0 Å². The molecule has 0 saturated carbocycles. The smallest absolute Gasteiger partial charge is 0.410 e. The first-order valence-electron chi connectivity index (χ1n) is 17.7. The lowest BCUT2D eigenvalue weighted by Crippen LogP contribution is -2.35. The van der Waals surface area contributed by atoms with Crippen LogP contribution in [0.5, 0.6) is 0 Å². The molecule has 1 aliphatic heterocycles. The van der Waals surface area contributed by atoms with E-state index in [1.165, 1.54) is 17.6 Å². The number of carbonyl (C=O) groups excluding carboxylic acids is 2. The normalized spacial score (nSPS) is 20.2. The van der Waals surface area contributed by atoms with Crippen molar-refractivity contribution in [3.8, 4) is 0 Å². The molecule has 0 spiro atoms. The molecule has 0 aliphatic carbocycles. The summed E-state index contributed by atoms with van der Waals surface area (Å²) < 4.78 is 15.7. The van der Waals surface area contributed by atoms with Crippen LogP contribution >= 0.6 is 0 Å². The number of nitrogens with one attached hydrogen (secondary N) is 2. The molecule has 1 fully saturated rings. The highest BCUT2D eigenvalue weighted by atomic mass is 16.7. The Balaban J connectivity index is -0.00000103. The lowest BCUT2D eigenvalue weighted by atomic mass is 9.86. The lowest BCUT2D eigenvalue weighted by molar-refractivity contribution is -0.173. The maximum atomic E-state index is 12.5. The van der Waals surface area contributed by atoms with Crippen LogP contribution in [-0.2, 0) is 19.0 Å². The first-order chi connectivity index (χ1) is 21.2. The van der Waals surface area contributed by atoms with Crippen molar-refractivity contribution in [3.05, 3.63) is 23.8 Å². The van der Waals surface area contributed by atoms with E-state index >= 15 is 0 Å². The highest BCUT2D eigenvalue weighted by Crippen LogP contribution is 2.26. The fourth-order valence-electron chi connectivity index (χ4n) is 4.94. The summed E-state index contributed by atoms with van der Waals surface area (Å²) in [4.78, 5) is 24.2. The van der Waals surface area contributed by atoms with Crippen molar-refractivity contribution in [3.63, 3.8) is 0 Å². The summed E-state index contributed by atoms with van der Waals surface area (Å²) in [5.41, 5.74) is 2.52. The van der Waals surface area contributed by atoms with Gasteiger partial charge in [0.15, 0.2) is 6.29 Å². The minimum atomic E-state index is -0.857. The molecule has 0 aromatic heterocycles.